The van der Waals surface area contributed by atoms with E-state index in [9.17, 15) is 0 Å². The molecule has 5 nitrogen and oxygen atoms in total. The maximum Gasteiger partial charge on any atom is 0.229 e. The van der Waals surface area contributed by atoms with E-state index in [4.69, 9.17) is 5.26 Å². The van der Waals surface area contributed by atoms with E-state index in [0.717, 1.165) is 17.2 Å². The number of nitriles is 1. The zero-order valence-electron chi connectivity index (χ0n) is 16.5. The van der Waals surface area contributed by atoms with Crippen molar-refractivity contribution in [3.05, 3.63) is 70.9 Å². The van der Waals surface area contributed by atoms with Gasteiger partial charge in [-0.15, -0.1) is 0 Å². The van der Waals surface area contributed by atoms with Crippen LogP contribution >= 0.6 is 0 Å². The molecule has 0 unspecified atom stereocenters. The molecule has 0 saturated heterocycles. The first kappa shape index (κ1) is 19.9. The van der Waals surface area contributed by atoms with Gasteiger partial charge in [-0.05, 0) is 62.2 Å². The number of aromatic nitrogens is 2. The number of nitrogens with one attached hydrogen (secondary N) is 2. The fourth-order valence-corrected chi connectivity index (χ4v) is 2.75. The number of hydrogen-bond acceptors (Lipinski definition) is 5. The lowest BCUT2D eigenvalue weighted by Crippen LogP contribution is -2.02. The number of benzene rings is 2. The minimum Gasteiger partial charge on any atom is -0.340 e. The third-order valence-electron chi connectivity index (χ3n) is 3.86. The molecule has 27 heavy (non-hydrogen) atoms. The van der Waals surface area contributed by atoms with Gasteiger partial charge in [-0.2, -0.15) is 10.2 Å². The second kappa shape index (κ2) is 9.35. The molecule has 0 spiro atoms. The topological polar surface area (TPSA) is 73.6 Å². The van der Waals surface area contributed by atoms with Crippen LogP contribution < -0.4 is 10.6 Å². The van der Waals surface area contributed by atoms with Crippen LogP contribution in [0.1, 0.15) is 36.1 Å². The second-order valence-corrected chi connectivity index (χ2v) is 5.98. The largest absolute Gasteiger partial charge is 0.340 e. The van der Waals surface area contributed by atoms with E-state index in [1.54, 1.807) is 18.3 Å². The third-order valence-corrected chi connectivity index (χ3v) is 3.86. The monoisotopic (exact) mass is 359 g/mol. The number of anilines is 4. The molecular weight excluding hydrogens is 334 g/mol. The smallest absolute Gasteiger partial charge is 0.229 e. The lowest BCUT2D eigenvalue weighted by atomic mass is 10.1. The van der Waals surface area contributed by atoms with E-state index in [2.05, 4.69) is 59.6 Å². The predicted molar refractivity (Wildman–Crippen MR) is 112 cm³/mol. The van der Waals surface area contributed by atoms with Crippen molar-refractivity contribution in [2.75, 3.05) is 10.6 Å². The summed E-state index contributed by atoms with van der Waals surface area (Å²) in [6.45, 7) is 10.3. The summed E-state index contributed by atoms with van der Waals surface area (Å²) in [5, 5.41) is 15.4. The molecule has 3 rings (SSSR count). The highest BCUT2D eigenvalue weighted by molar-refractivity contribution is 5.66. The van der Waals surface area contributed by atoms with E-state index < -0.39 is 0 Å². The summed E-state index contributed by atoms with van der Waals surface area (Å²) in [5.41, 5.74) is 6.11. The van der Waals surface area contributed by atoms with Gasteiger partial charge in [0.25, 0.3) is 0 Å². The number of nitrogens with zero attached hydrogens (tertiary/aromatic N) is 3. The maximum absolute atomic E-state index is 8.85. The predicted octanol–water partition coefficient (Wildman–Crippen LogP) is 5.79. The van der Waals surface area contributed by atoms with Gasteiger partial charge in [0.05, 0.1) is 11.6 Å². The molecule has 0 aliphatic heterocycles. The Balaban J connectivity index is 0.00000126. The van der Waals surface area contributed by atoms with Gasteiger partial charge in [0.15, 0.2) is 0 Å². The average Bonchev–Trinajstić information content (AvgIpc) is 2.67. The number of rotatable bonds is 4. The first-order chi connectivity index (χ1) is 13.0. The molecule has 0 bridgehead atoms. The van der Waals surface area contributed by atoms with E-state index in [-0.39, 0.29) is 0 Å². The molecule has 2 aromatic carbocycles. The number of hydrogen-bond donors (Lipinski definition) is 2. The summed E-state index contributed by atoms with van der Waals surface area (Å²) >= 11 is 0. The highest BCUT2D eigenvalue weighted by Gasteiger charge is 2.06. The Hall–Kier alpha value is -3.39. The van der Waals surface area contributed by atoms with Gasteiger partial charge in [-0.1, -0.05) is 31.5 Å². The molecule has 0 saturated carbocycles. The molecule has 0 radical (unpaired) electrons. The van der Waals surface area contributed by atoms with Crippen molar-refractivity contribution >= 4 is 23.1 Å². The van der Waals surface area contributed by atoms with E-state index in [1.165, 1.54) is 16.7 Å². The zero-order chi connectivity index (χ0) is 19.8. The lowest BCUT2D eigenvalue weighted by molar-refractivity contribution is 1.16. The molecule has 0 atom stereocenters. The van der Waals surface area contributed by atoms with Crippen molar-refractivity contribution in [1.82, 2.24) is 9.97 Å². The molecular formula is C22H25N5. The van der Waals surface area contributed by atoms with Gasteiger partial charge in [0.1, 0.15) is 5.82 Å². The van der Waals surface area contributed by atoms with Crippen LogP contribution in [0.25, 0.3) is 0 Å². The normalized spacial score (nSPS) is 9.63. The molecule has 2 N–H and O–H groups in total. The average molecular weight is 359 g/mol. The van der Waals surface area contributed by atoms with Gasteiger partial charge in [-0.25, -0.2) is 4.98 Å². The molecule has 0 amide bonds. The van der Waals surface area contributed by atoms with Crippen LogP contribution in [0.15, 0.2) is 48.7 Å². The highest BCUT2D eigenvalue weighted by Crippen LogP contribution is 2.25. The molecule has 0 fully saturated rings. The van der Waals surface area contributed by atoms with Crippen molar-refractivity contribution in [2.24, 2.45) is 0 Å². The van der Waals surface area contributed by atoms with Crippen molar-refractivity contribution in [1.29, 1.82) is 5.26 Å². The molecule has 5 heteroatoms. The minimum atomic E-state index is 0.497. The molecule has 1 heterocycles. The Labute approximate surface area is 161 Å². The van der Waals surface area contributed by atoms with Gasteiger partial charge >= 0.3 is 0 Å². The van der Waals surface area contributed by atoms with Crippen LogP contribution in [-0.2, 0) is 0 Å². The molecule has 0 aliphatic carbocycles. The van der Waals surface area contributed by atoms with Crippen LogP contribution in [0.3, 0.4) is 0 Å². The van der Waals surface area contributed by atoms with Gasteiger partial charge < -0.3 is 10.6 Å². The van der Waals surface area contributed by atoms with Crippen LogP contribution in [0.2, 0.25) is 0 Å². The van der Waals surface area contributed by atoms with Crippen molar-refractivity contribution in [2.45, 2.75) is 34.6 Å². The van der Waals surface area contributed by atoms with Crippen molar-refractivity contribution in [3.8, 4) is 6.07 Å². The Morgan fingerprint density at radius 3 is 2.11 bits per heavy atom. The Morgan fingerprint density at radius 1 is 0.889 bits per heavy atom. The van der Waals surface area contributed by atoms with Crippen LogP contribution in [0.4, 0.5) is 23.1 Å². The SMILES string of the molecule is CC.Cc1cc(C)c(Nc2ccnc(Nc3ccc(C#N)cc3)n2)c(C)c1. The van der Waals surface area contributed by atoms with E-state index in [0.29, 0.717) is 11.5 Å². The van der Waals surface area contributed by atoms with Crippen LogP contribution in [0, 0.1) is 32.1 Å². The van der Waals surface area contributed by atoms with Crippen LogP contribution in [0.5, 0.6) is 0 Å². The maximum atomic E-state index is 8.85. The summed E-state index contributed by atoms with van der Waals surface area (Å²) in [4.78, 5) is 8.76. The molecule has 3 aromatic rings. The van der Waals surface area contributed by atoms with Gasteiger partial charge in [0, 0.05) is 17.6 Å². The Morgan fingerprint density at radius 2 is 1.52 bits per heavy atom. The Bertz CT molecular complexity index is 917. The number of aryl methyl sites for hydroxylation is 3. The minimum absolute atomic E-state index is 0.497. The summed E-state index contributed by atoms with van der Waals surface area (Å²) in [7, 11) is 0. The first-order valence-corrected chi connectivity index (χ1v) is 9.00. The van der Waals surface area contributed by atoms with E-state index >= 15 is 0 Å². The summed E-state index contributed by atoms with van der Waals surface area (Å²) in [5.74, 6) is 1.22. The summed E-state index contributed by atoms with van der Waals surface area (Å²) in [6.07, 6.45) is 1.71. The van der Waals surface area contributed by atoms with Gasteiger partial charge in [-0.3, -0.25) is 0 Å². The van der Waals surface area contributed by atoms with Crippen LogP contribution in [-0.4, -0.2) is 9.97 Å². The van der Waals surface area contributed by atoms with E-state index in [1.807, 2.05) is 32.0 Å². The second-order valence-electron chi connectivity index (χ2n) is 5.98. The van der Waals surface area contributed by atoms with Crippen molar-refractivity contribution < 1.29 is 0 Å². The Kier molecular flexibility index (Phi) is 6.90. The lowest BCUT2D eigenvalue weighted by Gasteiger charge is -2.14. The molecule has 0 aliphatic rings. The third kappa shape index (κ3) is 5.29. The van der Waals surface area contributed by atoms with Crippen molar-refractivity contribution in [3.63, 3.8) is 0 Å². The standard InChI is InChI=1S/C20H19N5.C2H6/c1-13-10-14(2)19(15(3)11-13)24-18-8-9-22-20(25-18)23-17-6-4-16(12-21)5-7-17;1-2/h4-11H,1-3H3,(H2,22,23,24,25);1-2H3. The summed E-state index contributed by atoms with van der Waals surface area (Å²) < 4.78 is 0. The quantitative estimate of drug-likeness (QED) is 0.617. The summed E-state index contributed by atoms with van der Waals surface area (Å²) in [6, 6.07) is 15.4. The zero-order valence-corrected chi connectivity index (χ0v) is 16.5. The highest BCUT2D eigenvalue weighted by atomic mass is 15.1. The first-order valence-electron chi connectivity index (χ1n) is 9.00. The molecule has 1 aromatic heterocycles. The van der Waals surface area contributed by atoms with Gasteiger partial charge in [0.2, 0.25) is 5.95 Å². The fourth-order valence-electron chi connectivity index (χ4n) is 2.75. The fraction of sp³-hybridized carbons (Fsp3) is 0.227. The molecule has 138 valence electrons.